The highest BCUT2D eigenvalue weighted by atomic mass is 16.5. The van der Waals surface area contributed by atoms with Crippen LogP contribution in [0.25, 0.3) is 11.3 Å². The molecule has 0 amide bonds. The van der Waals surface area contributed by atoms with Crippen LogP contribution in [-0.4, -0.2) is 84.2 Å². The number of likely N-dealkylation sites (N-methyl/N-ethyl adjacent to an activating group) is 2. The molecule has 2 aliphatic heterocycles. The van der Waals surface area contributed by atoms with E-state index in [4.69, 9.17) is 4.74 Å². The fourth-order valence-electron chi connectivity index (χ4n) is 4.46. The van der Waals surface area contributed by atoms with E-state index in [1.54, 1.807) is 6.20 Å². The molecule has 2 fully saturated rings. The fourth-order valence-corrected chi connectivity index (χ4v) is 4.46. The summed E-state index contributed by atoms with van der Waals surface area (Å²) in [5.74, 6) is 1.76. The second-order valence-corrected chi connectivity index (χ2v) is 9.20. The van der Waals surface area contributed by atoms with Gasteiger partial charge in [0, 0.05) is 51.0 Å². The Bertz CT molecular complexity index is 1200. The molecule has 35 heavy (non-hydrogen) atoms. The third-order valence-electron chi connectivity index (χ3n) is 6.55. The zero-order chi connectivity index (χ0) is 24.2. The predicted molar refractivity (Wildman–Crippen MR) is 136 cm³/mol. The topological polar surface area (TPSA) is 93.4 Å². The minimum atomic E-state index is 0.114. The lowest BCUT2D eigenvalue weighted by Crippen LogP contribution is -2.44. The molecule has 0 bridgehead atoms. The number of aromatic nitrogens is 3. The standard InChI is InChI=1S/C26H30N8O/c1-32-11-13-34(14-12-32)21-4-6-25(29-17-21)31-26-28-9-7-23(30-26)19-3-5-24(20(15-19)16-27)35-22-8-10-33(2)18-22/h3-7,9,15,17,22H,8,10-14,18H2,1-2H3,(H,28,29,30,31). The number of likely N-dealkylation sites (tertiary alicyclic amines) is 1. The van der Waals surface area contributed by atoms with Crippen molar-refractivity contribution in [2.45, 2.75) is 12.5 Å². The molecule has 9 nitrogen and oxygen atoms in total. The summed E-state index contributed by atoms with van der Waals surface area (Å²) in [6.45, 7) is 6.00. The number of anilines is 3. The maximum atomic E-state index is 9.70. The molecule has 4 heterocycles. The summed E-state index contributed by atoms with van der Waals surface area (Å²) in [6, 6.07) is 13.7. The summed E-state index contributed by atoms with van der Waals surface area (Å²) in [4.78, 5) is 20.5. The summed E-state index contributed by atoms with van der Waals surface area (Å²) in [5, 5.41) is 12.9. The molecule has 180 valence electrons. The molecule has 2 saturated heterocycles. The summed E-state index contributed by atoms with van der Waals surface area (Å²) in [6.07, 6.45) is 4.67. The van der Waals surface area contributed by atoms with Gasteiger partial charge < -0.3 is 24.8 Å². The van der Waals surface area contributed by atoms with E-state index in [2.05, 4.69) is 61.2 Å². The lowest BCUT2D eigenvalue weighted by Gasteiger charge is -2.33. The summed E-state index contributed by atoms with van der Waals surface area (Å²) >= 11 is 0. The molecule has 0 radical (unpaired) electrons. The normalized spacial score (nSPS) is 18.9. The maximum Gasteiger partial charge on any atom is 0.228 e. The van der Waals surface area contributed by atoms with Crippen LogP contribution >= 0.6 is 0 Å². The van der Waals surface area contributed by atoms with Crippen molar-refractivity contribution in [3.8, 4) is 23.1 Å². The van der Waals surface area contributed by atoms with Gasteiger partial charge in [0.05, 0.1) is 23.1 Å². The highest BCUT2D eigenvalue weighted by molar-refractivity contribution is 5.65. The molecule has 1 atom stereocenters. The lowest BCUT2D eigenvalue weighted by molar-refractivity contribution is 0.207. The molecule has 2 aliphatic rings. The molecule has 2 aromatic heterocycles. The molecule has 0 spiro atoms. The fraction of sp³-hybridized carbons (Fsp3) is 0.385. The minimum Gasteiger partial charge on any atom is -0.488 e. The number of ether oxygens (including phenoxy) is 1. The first-order valence-electron chi connectivity index (χ1n) is 12.0. The van der Waals surface area contributed by atoms with Crippen molar-refractivity contribution in [2.24, 2.45) is 0 Å². The van der Waals surface area contributed by atoms with Crippen molar-refractivity contribution in [1.82, 2.24) is 24.8 Å². The molecule has 0 saturated carbocycles. The molecule has 1 aromatic carbocycles. The lowest BCUT2D eigenvalue weighted by atomic mass is 10.1. The molecular formula is C26H30N8O. The van der Waals surface area contributed by atoms with E-state index < -0.39 is 0 Å². The zero-order valence-electron chi connectivity index (χ0n) is 20.2. The molecule has 0 aliphatic carbocycles. The molecule has 1 unspecified atom stereocenters. The van der Waals surface area contributed by atoms with Crippen molar-refractivity contribution < 1.29 is 4.74 Å². The number of pyridine rings is 1. The number of hydrogen-bond acceptors (Lipinski definition) is 9. The zero-order valence-corrected chi connectivity index (χ0v) is 20.2. The van der Waals surface area contributed by atoms with Crippen molar-refractivity contribution in [1.29, 1.82) is 5.26 Å². The van der Waals surface area contributed by atoms with Crippen LogP contribution in [0, 0.1) is 11.3 Å². The Labute approximate surface area is 206 Å². The molecule has 1 N–H and O–H groups in total. The second-order valence-electron chi connectivity index (χ2n) is 9.20. The van der Waals surface area contributed by atoms with Gasteiger partial charge in [-0.15, -0.1) is 0 Å². The number of rotatable bonds is 6. The molecule has 5 rings (SSSR count). The van der Waals surface area contributed by atoms with Gasteiger partial charge in [-0.25, -0.2) is 15.0 Å². The Morgan fingerprint density at radius 1 is 1.00 bits per heavy atom. The van der Waals surface area contributed by atoms with Crippen LogP contribution in [0.1, 0.15) is 12.0 Å². The maximum absolute atomic E-state index is 9.70. The van der Waals surface area contributed by atoms with Crippen LogP contribution < -0.4 is 15.0 Å². The number of nitriles is 1. The Kier molecular flexibility index (Phi) is 6.75. The van der Waals surface area contributed by atoms with Crippen molar-refractivity contribution in [3.63, 3.8) is 0 Å². The van der Waals surface area contributed by atoms with Crippen LogP contribution in [0.2, 0.25) is 0 Å². The van der Waals surface area contributed by atoms with E-state index in [9.17, 15) is 5.26 Å². The van der Waals surface area contributed by atoms with Crippen LogP contribution in [0.4, 0.5) is 17.5 Å². The summed E-state index contributed by atoms with van der Waals surface area (Å²) in [7, 11) is 4.23. The first-order chi connectivity index (χ1) is 17.1. The van der Waals surface area contributed by atoms with E-state index in [0.717, 1.165) is 62.6 Å². The molecule has 3 aromatic rings. The van der Waals surface area contributed by atoms with E-state index >= 15 is 0 Å². The SMILES string of the molecule is CN1CCN(c2ccc(Nc3nccc(-c4ccc(OC5CCN(C)C5)c(C#N)c4)n3)nc2)CC1. The Morgan fingerprint density at radius 3 is 2.57 bits per heavy atom. The van der Waals surface area contributed by atoms with Gasteiger partial charge in [-0.1, -0.05) is 0 Å². The minimum absolute atomic E-state index is 0.114. The predicted octanol–water partition coefficient (Wildman–Crippen LogP) is 2.99. The first-order valence-corrected chi connectivity index (χ1v) is 12.0. The smallest absolute Gasteiger partial charge is 0.228 e. The number of nitrogens with one attached hydrogen (secondary N) is 1. The van der Waals surface area contributed by atoms with Crippen LogP contribution in [0.3, 0.4) is 0 Å². The van der Waals surface area contributed by atoms with Crippen LogP contribution in [-0.2, 0) is 0 Å². The van der Waals surface area contributed by atoms with Gasteiger partial charge in [-0.2, -0.15) is 5.26 Å². The highest BCUT2D eigenvalue weighted by Crippen LogP contribution is 2.28. The highest BCUT2D eigenvalue weighted by Gasteiger charge is 2.22. The Morgan fingerprint density at radius 2 is 1.86 bits per heavy atom. The monoisotopic (exact) mass is 470 g/mol. The largest absolute Gasteiger partial charge is 0.488 e. The van der Waals surface area contributed by atoms with E-state index in [0.29, 0.717) is 23.1 Å². The Hall–Kier alpha value is -3.74. The van der Waals surface area contributed by atoms with E-state index in [1.165, 1.54) is 0 Å². The summed E-state index contributed by atoms with van der Waals surface area (Å²) < 4.78 is 6.10. The first kappa shape index (κ1) is 23.0. The van der Waals surface area contributed by atoms with Crippen molar-refractivity contribution >= 4 is 17.5 Å². The van der Waals surface area contributed by atoms with E-state index in [-0.39, 0.29) is 6.10 Å². The number of benzene rings is 1. The second kappa shape index (κ2) is 10.3. The van der Waals surface area contributed by atoms with Gasteiger partial charge >= 0.3 is 0 Å². The number of hydrogen-bond donors (Lipinski definition) is 1. The van der Waals surface area contributed by atoms with E-state index in [1.807, 2.05) is 36.5 Å². The Balaban J connectivity index is 1.28. The summed E-state index contributed by atoms with van der Waals surface area (Å²) in [5.41, 5.74) is 3.18. The van der Waals surface area contributed by atoms with Crippen molar-refractivity contribution in [2.75, 3.05) is 63.6 Å². The molecular weight excluding hydrogens is 440 g/mol. The third kappa shape index (κ3) is 5.50. The van der Waals surface area contributed by atoms with Gasteiger partial charge in [0.2, 0.25) is 5.95 Å². The average molecular weight is 471 g/mol. The van der Waals surface area contributed by atoms with Gasteiger partial charge in [-0.05, 0) is 56.9 Å². The van der Waals surface area contributed by atoms with Crippen LogP contribution in [0.15, 0.2) is 48.8 Å². The van der Waals surface area contributed by atoms with Gasteiger partial charge in [0.25, 0.3) is 0 Å². The number of piperazine rings is 1. The molecule has 9 heteroatoms. The van der Waals surface area contributed by atoms with Gasteiger partial charge in [-0.3, -0.25) is 0 Å². The van der Waals surface area contributed by atoms with Gasteiger partial charge in [0.15, 0.2) is 0 Å². The van der Waals surface area contributed by atoms with Crippen molar-refractivity contribution in [3.05, 3.63) is 54.4 Å². The van der Waals surface area contributed by atoms with Gasteiger partial charge in [0.1, 0.15) is 23.7 Å². The number of nitrogens with zero attached hydrogens (tertiary/aromatic N) is 7. The average Bonchev–Trinajstić information content (AvgIpc) is 3.30. The third-order valence-corrected chi connectivity index (χ3v) is 6.55. The quantitative estimate of drug-likeness (QED) is 0.583. The van der Waals surface area contributed by atoms with Crippen LogP contribution in [0.5, 0.6) is 5.75 Å².